The maximum atomic E-state index is 5.58. The van der Waals surface area contributed by atoms with Crippen LogP contribution >= 0.6 is 0 Å². The molecule has 0 aromatic rings. The van der Waals surface area contributed by atoms with E-state index in [1.54, 1.807) is 0 Å². The van der Waals surface area contributed by atoms with Crippen LogP contribution in [0.2, 0.25) is 0 Å². The number of likely N-dealkylation sites (tertiary alicyclic amines) is 1. The second-order valence-electron chi connectivity index (χ2n) is 5.37. The molecular weight excluding hydrogens is 214 g/mol. The first-order valence-corrected chi connectivity index (χ1v) is 7.07. The van der Waals surface area contributed by atoms with Crippen LogP contribution in [0.25, 0.3) is 0 Å². The van der Waals surface area contributed by atoms with Crippen LogP contribution in [-0.2, 0) is 4.74 Å². The SMILES string of the molecule is CC(CCCN)N1CCC(N2CCOCC2)C1. The molecule has 2 rings (SSSR count). The van der Waals surface area contributed by atoms with Gasteiger partial charge >= 0.3 is 0 Å². The van der Waals surface area contributed by atoms with Crippen molar-refractivity contribution in [2.75, 3.05) is 45.9 Å². The molecule has 0 radical (unpaired) electrons. The number of nitrogens with zero attached hydrogens (tertiary/aromatic N) is 2. The molecule has 0 bridgehead atoms. The van der Waals surface area contributed by atoms with Crippen LogP contribution in [-0.4, -0.2) is 67.8 Å². The van der Waals surface area contributed by atoms with E-state index in [-0.39, 0.29) is 0 Å². The fourth-order valence-corrected chi connectivity index (χ4v) is 3.00. The van der Waals surface area contributed by atoms with Crippen LogP contribution in [0.15, 0.2) is 0 Å². The van der Waals surface area contributed by atoms with Crippen molar-refractivity contribution in [3.63, 3.8) is 0 Å². The topological polar surface area (TPSA) is 41.7 Å². The average Bonchev–Trinajstić information content (AvgIpc) is 2.86. The monoisotopic (exact) mass is 241 g/mol. The standard InChI is InChI=1S/C13H27N3O/c1-12(3-2-5-14)16-6-4-13(11-16)15-7-9-17-10-8-15/h12-13H,2-11,14H2,1H3. The van der Waals surface area contributed by atoms with Gasteiger partial charge in [0.05, 0.1) is 13.2 Å². The van der Waals surface area contributed by atoms with E-state index >= 15 is 0 Å². The van der Waals surface area contributed by atoms with E-state index in [0.717, 1.165) is 45.3 Å². The molecule has 0 aromatic carbocycles. The number of morpholine rings is 1. The zero-order valence-electron chi connectivity index (χ0n) is 11.1. The van der Waals surface area contributed by atoms with Crippen molar-refractivity contribution in [1.82, 2.24) is 9.80 Å². The van der Waals surface area contributed by atoms with Gasteiger partial charge in [0.15, 0.2) is 0 Å². The number of hydrogen-bond donors (Lipinski definition) is 1. The summed E-state index contributed by atoms with van der Waals surface area (Å²) in [5.41, 5.74) is 5.58. The first kappa shape index (κ1) is 13.3. The van der Waals surface area contributed by atoms with Crippen LogP contribution in [0.4, 0.5) is 0 Å². The average molecular weight is 241 g/mol. The summed E-state index contributed by atoms with van der Waals surface area (Å²) in [7, 11) is 0. The molecule has 2 aliphatic rings. The van der Waals surface area contributed by atoms with Gasteiger partial charge in [-0.05, 0) is 32.7 Å². The third kappa shape index (κ3) is 3.65. The summed E-state index contributed by atoms with van der Waals surface area (Å²) in [4.78, 5) is 5.24. The minimum atomic E-state index is 0.699. The predicted molar refractivity (Wildman–Crippen MR) is 70.1 cm³/mol. The lowest BCUT2D eigenvalue weighted by molar-refractivity contribution is 0.0177. The van der Waals surface area contributed by atoms with E-state index in [9.17, 15) is 0 Å². The van der Waals surface area contributed by atoms with Gasteiger partial charge in [-0.3, -0.25) is 9.80 Å². The molecule has 0 spiro atoms. The molecule has 2 heterocycles. The van der Waals surface area contributed by atoms with E-state index in [2.05, 4.69) is 16.7 Å². The Labute approximate surface area is 105 Å². The van der Waals surface area contributed by atoms with Gasteiger partial charge in [-0.2, -0.15) is 0 Å². The highest BCUT2D eigenvalue weighted by Gasteiger charge is 2.30. The lowest BCUT2D eigenvalue weighted by Crippen LogP contribution is -2.45. The first-order chi connectivity index (χ1) is 8.31. The van der Waals surface area contributed by atoms with Crippen molar-refractivity contribution in [2.24, 2.45) is 5.73 Å². The number of ether oxygens (including phenoxy) is 1. The van der Waals surface area contributed by atoms with Crippen molar-refractivity contribution in [3.8, 4) is 0 Å². The van der Waals surface area contributed by atoms with Crippen molar-refractivity contribution in [1.29, 1.82) is 0 Å². The molecule has 2 aliphatic heterocycles. The fraction of sp³-hybridized carbons (Fsp3) is 1.00. The zero-order valence-corrected chi connectivity index (χ0v) is 11.1. The minimum absolute atomic E-state index is 0.699. The number of hydrogen-bond acceptors (Lipinski definition) is 4. The third-order valence-electron chi connectivity index (χ3n) is 4.21. The molecule has 2 N–H and O–H groups in total. The Kier molecular flexibility index (Phi) is 5.22. The van der Waals surface area contributed by atoms with Crippen molar-refractivity contribution < 1.29 is 4.74 Å². The van der Waals surface area contributed by atoms with Gasteiger partial charge < -0.3 is 10.5 Å². The Bertz CT molecular complexity index is 219. The van der Waals surface area contributed by atoms with E-state index in [1.165, 1.54) is 25.9 Å². The number of rotatable bonds is 5. The van der Waals surface area contributed by atoms with E-state index < -0.39 is 0 Å². The number of nitrogens with two attached hydrogens (primary N) is 1. The molecule has 0 aromatic heterocycles. The Hall–Kier alpha value is -0.160. The maximum absolute atomic E-state index is 5.58. The molecule has 100 valence electrons. The zero-order chi connectivity index (χ0) is 12.1. The molecule has 0 amide bonds. The summed E-state index contributed by atoms with van der Waals surface area (Å²) in [5, 5.41) is 0. The summed E-state index contributed by atoms with van der Waals surface area (Å²) in [6, 6.07) is 1.46. The largest absolute Gasteiger partial charge is 0.379 e. The van der Waals surface area contributed by atoms with E-state index in [4.69, 9.17) is 10.5 Å². The first-order valence-electron chi connectivity index (χ1n) is 7.07. The predicted octanol–water partition coefficient (Wildman–Crippen LogP) is 0.520. The van der Waals surface area contributed by atoms with E-state index in [1.807, 2.05) is 0 Å². The highest BCUT2D eigenvalue weighted by molar-refractivity contribution is 4.86. The van der Waals surface area contributed by atoms with Gasteiger partial charge in [0.2, 0.25) is 0 Å². The van der Waals surface area contributed by atoms with Gasteiger partial charge in [0, 0.05) is 38.3 Å². The Balaban J connectivity index is 1.74. The Morgan fingerprint density at radius 2 is 2.06 bits per heavy atom. The third-order valence-corrected chi connectivity index (χ3v) is 4.21. The van der Waals surface area contributed by atoms with Gasteiger partial charge in [-0.25, -0.2) is 0 Å². The highest BCUT2D eigenvalue weighted by atomic mass is 16.5. The molecule has 2 saturated heterocycles. The lowest BCUT2D eigenvalue weighted by Gasteiger charge is -2.33. The van der Waals surface area contributed by atoms with Crippen molar-refractivity contribution in [3.05, 3.63) is 0 Å². The molecule has 4 nitrogen and oxygen atoms in total. The molecule has 17 heavy (non-hydrogen) atoms. The summed E-state index contributed by atoms with van der Waals surface area (Å²) >= 11 is 0. The van der Waals surface area contributed by atoms with Crippen LogP contribution in [0.1, 0.15) is 26.2 Å². The molecule has 2 atom stereocenters. The van der Waals surface area contributed by atoms with E-state index in [0.29, 0.717) is 6.04 Å². The Morgan fingerprint density at radius 3 is 2.76 bits per heavy atom. The Morgan fingerprint density at radius 1 is 1.29 bits per heavy atom. The molecule has 2 fully saturated rings. The highest BCUT2D eigenvalue weighted by Crippen LogP contribution is 2.20. The lowest BCUT2D eigenvalue weighted by atomic mass is 10.1. The second kappa shape index (κ2) is 6.69. The summed E-state index contributed by atoms with van der Waals surface area (Å²) in [6.07, 6.45) is 3.72. The van der Waals surface area contributed by atoms with Crippen LogP contribution < -0.4 is 5.73 Å². The van der Waals surface area contributed by atoms with Crippen LogP contribution in [0.3, 0.4) is 0 Å². The smallest absolute Gasteiger partial charge is 0.0594 e. The summed E-state index contributed by atoms with van der Waals surface area (Å²) in [5.74, 6) is 0. The minimum Gasteiger partial charge on any atom is -0.379 e. The summed E-state index contributed by atoms with van der Waals surface area (Å²) in [6.45, 7) is 9.74. The maximum Gasteiger partial charge on any atom is 0.0594 e. The summed E-state index contributed by atoms with van der Waals surface area (Å²) < 4.78 is 5.42. The molecule has 0 saturated carbocycles. The molecule has 4 heteroatoms. The van der Waals surface area contributed by atoms with Crippen molar-refractivity contribution >= 4 is 0 Å². The van der Waals surface area contributed by atoms with Crippen molar-refractivity contribution in [2.45, 2.75) is 38.3 Å². The van der Waals surface area contributed by atoms with Gasteiger partial charge in [-0.1, -0.05) is 0 Å². The normalized spacial score (nSPS) is 29.6. The second-order valence-corrected chi connectivity index (χ2v) is 5.37. The van der Waals surface area contributed by atoms with Gasteiger partial charge in [0.1, 0.15) is 0 Å². The quantitative estimate of drug-likeness (QED) is 0.762. The molecule has 2 unspecified atom stereocenters. The molecular formula is C13H27N3O. The fourth-order valence-electron chi connectivity index (χ4n) is 3.00. The molecule has 0 aliphatic carbocycles. The van der Waals surface area contributed by atoms with Crippen LogP contribution in [0.5, 0.6) is 0 Å². The van der Waals surface area contributed by atoms with Crippen LogP contribution in [0, 0.1) is 0 Å². The van der Waals surface area contributed by atoms with Gasteiger partial charge in [0.25, 0.3) is 0 Å². The van der Waals surface area contributed by atoms with Gasteiger partial charge in [-0.15, -0.1) is 0 Å².